The van der Waals surface area contributed by atoms with Crippen LogP contribution in [0.2, 0.25) is 0 Å². The molecule has 0 unspecified atom stereocenters. The number of nitrogens with zero attached hydrogens (tertiary/aromatic N) is 2. The van der Waals surface area contributed by atoms with Crippen LogP contribution < -0.4 is 11.1 Å². The number of ether oxygens (including phenoxy) is 1. The van der Waals surface area contributed by atoms with Crippen LogP contribution >= 0.6 is 0 Å². The maximum atomic E-state index is 12.5. The van der Waals surface area contributed by atoms with Gasteiger partial charge >= 0.3 is 5.97 Å². The summed E-state index contributed by atoms with van der Waals surface area (Å²) in [6.45, 7) is 1.61. The van der Waals surface area contributed by atoms with Gasteiger partial charge in [-0.25, -0.2) is 9.78 Å². The fourth-order valence-corrected chi connectivity index (χ4v) is 2.13. The highest BCUT2D eigenvalue weighted by Crippen LogP contribution is 2.19. The Kier molecular flexibility index (Phi) is 5.48. The standard InChI is InChI=1S/C18H16N4O3/c1-11(20)16(13-5-3-12(9-19)4-6-13)17(23)22-15-8-7-14(10-21-15)18(24)25-2/h3-8,10H,20H2,1-2H3,(H,21,22,23). The van der Waals surface area contributed by atoms with Gasteiger partial charge in [0, 0.05) is 11.9 Å². The van der Waals surface area contributed by atoms with Crippen molar-refractivity contribution in [3.8, 4) is 6.07 Å². The van der Waals surface area contributed by atoms with Crippen molar-refractivity contribution < 1.29 is 14.3 Å². The fourth-order valence-electron chi connectivity index (χ4n) is 2.13. The van der Waals surface area contributed by atoms with Crippen LogP contribution in [0.15, 0.2) is 48.3 Å². The molecule has 2 aromatic rings. The van der Waals surface area contributed by atoms with Crippen LogP contribution in [0, 0.1) is 11.3 Å². The number of amides is 1. The molecule has 0 spiro atoms. The molecule has 1 heterocycles. The topological polar surface area (TPSA) is 118 Å². The molecule has 25 heavy (non-hydrogen) atoms. The van der Waals surface area contributed by atoms with Crippen LogP contribution in [0.1, 0.15) is 28.4 Å². The maximum Gasteiger partial charge on any atom is 0.339 e. The SMILES string of the molecule is COC(=O)c1ccc(NC(=O)C(=C(C)N)c2ccc(C#N)cc2)nc1. The van der Waals surface area contributed by atoms with Crippen LogP contribution in [-0.2, 0) is 9.53 Å². The van der Waals surface area contributed by atoms with Crippen molar-refractivity contribution in [1.82, 2.24) is 4.98 Å². The minimum atomic E-state index is -0.513. The molecule has 2 rings (SSSR count). The lowest BCUT2D eigenvalue weighted by Gasteiger charge is -2.11. The van der Waals surface area contributed by atoms with Crippen molar-refractivity contribution in [2.24, 2.45) is 5.73 Å². The molecule has 1 aromatic carbocycles. The predicted octanol–water partition coefficient (Wildman–Crippen LogP) is 2.07. The van der Waals surface area contributed by atoms with Crippen LogP contribution in [0.4, 0.5) is 5.82 Å². The van der Waals surface area contributed by atoms with Crippen LogP contribution in [0.3, 0.4) is 0 Å². The monoisotopic (exact) mass is 336 g/mol. The van der Waals surface area contributed by atoms with E-state index in [0.717, 1.165) is 0 Å². The Bertz CT molecular complexity index is 859. The molecule has 1 amide bonds. The van der Waals surface area contributed by atoms with Crippen molar-refractivity contribution in [2.45, 2.75) is 6.92 Å². The summed E-state index contributed by atoms with van der Waals surface area (Å²) < 4.78 is 4.59. The molecule has 0 radical (unpaired) electrons. The van der Waals surface area contributed by atoms with Gasteiger partial charge in [-0.05, 0) is 36.8 Å². The minimum Gasteiger partial charge on any atom is -0.465 e. The van der Waals surface area contributed by atoms with E-state index < -0.39 is 11.9 Å². The summed E-state index contributed by atoms with van der Waals surface area (Å²) in [5.41, 5.74) is 7.80. The summed E-state index contributed by atoms with van der Waals surface area (Å²) in [7, 11) is 1.27. The number of aromatic nitrogens is 1. The van der Waals surface area contributed by atoms with Crippen molar-refractivity contribution in [2.75, 3.05) is 12.4 Å². The number of benzene rings is 1. The maximum absolute atomic E-state index is 12.5. The molecule has 0 fully saturated rings. The summed E-state index contributed by atoms with van der Waals surface area (Å²) in [6, 6.07) is 11.5. The van der Waals surface area contributed by atoms with Gasteiger partial charge < -0.3 is 15.8 Å². The van der Waals surface area contributed by atoms with E-state index in [-0.39, 0.29) is 17.0 Å². The summed E-state index contributed by atoms with van der Waals surface area (Å²) >= 11 is 0. The molecule has 0 saturated heterocycles. The molecule has 7 heteroatoms. The second-order valence-corrected chi connectivity index (χ2v) is 5.12. The van der Waals surface area contributed by atoms with E-state index in [9.17, 15) is 9.59 Å². The number of hydrogen-bond donors (Lipinski definition) is 2. The number of allylic oxidation sites excluding steroid dienone is 1. The summed E-state index contributed by atoms with van der Waals surface area (Å²) in [6.07, 6.45) is 1.31. The van der Waals surface area contributed by atoms with Gasteiger partial charge in [-0.1, -0.05) is 12.1 Å². The highest BCUT2D eigenvalue weighted by atomic mass is 16.5. The highest BCUT2D eigenvalue weighted by Gasteiger charge is 2.16. The molecule has 126 valence electrons. The number of carbonyl (C=O) groups is 2. The Balaban J connectivity index is 2.23. The van der Waals surface area contributed by atoms with Gasteiger partial charge in [-0.15, -0.1) is 0 Å². The molecular formula is C18H16N4O3. The van der Waals surface area contributed by atoms with Crippen molar-refractivity contribution in [3.05, 3.63) is 65.0 Å². The van der Waals surface area contributed by atoms with Gasteiger partial charge in [0.25, 0.3) is 5.91 Å². The first-order valence-corrected chi connectivity index (χ1v) is 7.29. The third-order valence-electron chi connectivity index (χ3n) is 3.35. The van der Waals surface area contributed by atoms with E-state index in [4.69, 9.17) is 11.0 Å². The van der Waals surface area contributed by atoms with Crippen LogP contribution in [0.5, 0.6) is 0 Å². The summed E-state index contributed by atoms with van der Waals surface area (Å²) in [5.74, 6) is -0.686. The predicted molar refractivity (Wildman–Crippen MR) is 92.1 cm³/mol. The van der Waals surface area contributed by atoms with Gasteiger partial charge in [0.1, 0.15) is 5.82 Å². The molecule has 1 aromatic heterocycles. The Morgan fingerprint density at radius 3 is 2.28 bits per heavy atom. The zero-order chi connectivity index (χ0) is 18.4. The first-order valence-electron chi connectivity index (χ1n) is 7.29. The zero-order valence-electron chi connectivity index (χ0n) is 13.7. The number of anilines is 1. The van der Waals surface area contributed by atoms with Crippen molar-refractivity contribution in [1.29, 1.82) is 5.26 Å². The summed E-state index contributed by atoms with van der Waals surface area (Å²) in [4.78, 5) is 27.9. The van der Waals surface area contributed by atoms with E-state index in [0.29, 0.717) is 16.8 Å². The second-order valence-electron chi connectivity index (χ2n) is 5.12. The number of rotatable bonds is 4. The quantitative estimate of drug-likeness (QED) is 0.652. The van der Waals surface area contributed by atoms with Gasteiger partial charge in [-0.2, -0.15) is 5.26 Å². The number of nitrogens with one attached hydrogen (secondary N) is 1. The third kappa shape index (κ3) is 4.20. The lowest BCUT2D eigenvalue weighted by atomic mass is 10.0. The zero-order valence-corrected chi connectivity index (χ0v) is 13.7. The molecule has 0 bridgehead atoms. The molecule has 0 atom stereocenters. The van der Waals surface area contributed by atoms with Crippen molar-refractivity contribution in [3.63, 3.8) is 0 Å². The Morgan fingerprint density at radius 1 is 1.16 bits per heavy atom. The largest absolute Gasteiger partial charge is 0.465 e. The molecule has 7 nitrogen and oxygen atoms in total. The Morgan fingerprint density at radius 2 is 1.80 bits per heavy atom. The highest BCUT2D eigenvalue weighted by molar-refractivity contribution is 6.25. The summed E-state index contributed by atoms with van der Waals surface area (Å²) in [5, 5.41) is 11.5. The average Bonchev–Trinajstić information content (AvgIpc) is 2.62. The van der Waals surface area contributed by atoms with Crippen molar-refractivity contribution >= 4 is 23.3 Å². The number of pyridine rings is 1. The fraction of sp³-hybridized carbons (Fsp3) is 0.111. The van der Waals surface area contributed by atoms with Gasteiger partial charge in [-0.3, -0.25) is 4.79 Å². The Hall–Kier alpha value is -3.66. The lowest BCUT2D eigenvalue weighted by molar-refractivity contribution is -0.111. The van der Waals surface area contributed by atoms with Gasteiger partial charge in [0.05, 0.1) is 29.9 Å². The number of carbonyl (C=O) groups excluding carboxylic acids is 2. The van der Waals surface area contributed by atoms with E-state index in [1.165, 1.54) is 25.4 Å². The molecule has 0 aliphatic heterocycles. The third-order valence-corrected chi connectivity index (χ3v) is 3.35. The second kappa shape index (κ2) is 7.75. The van der Waals surface area contributed by atoms with E-state index in [1.807, 2.05) is 6.07 Å². The van der Waals surface area contributed by atoms with Gasteiger partial charge in [0.15, 0.2) is 0 Å². The molecule has 0 aliphatic rings. The smallest absolute Gasteiger partial charge is 0.339 e. The first-order chi connectivity index (χ1) is 12.0. The molecular weight excluding hydrogens is 320 g/mol. The number of esters is 1. The number of nitriles is 1. The van der Waals surface area contributed by atoms with E-state index in [1.54, 1.807) is 31.2 Å². The lowest BCUT2D eigenvalue weighted by Crippen LogP contribution is -2.18. The van der Waals surface area contributed by atoms with E-state index in [2.05, 4.69) is 15.0 Å². The average molecular weight is 336 g/mol. The van der Waals surface area contributed by atoms with Gasteiger partial charge in [0.2, 0.25) is 0 Å². The first kappa shape index (κ1) is 17.7. The Labute approximate surface area is 144 Å². The normalized spacial score (nSPS) is 11.1. The molecule has 3 N–H and O–H groups in total. The number of hydrogen-bond acceptors (Lipinski definition) is 6. The van der Waals surface area contributed by atoms with E-state index >= 15 is 0 Å². The number of methoxy groups -OCH3 is 1. The molecule has 0 saturated carbocycles. The number of nitrogens with two attached hydrogens (primary N) is 1. The minimum absolute atomic E-state index is 0.269. The van der Waals surface area contributed by atoms with Crippen LogP contribution in [0.25, 0.3) is 5.57 Å². The molecule has 0 aliphatic carbocycles. The van der Waals surface area contributed by atoms with Crippen LogP contribution in [-0.4, -0.2) is 24.0 Å².